The number of guanidine groups is 1. The van der Waals surface area contributed by atoms with Gasteiger partial charge in [-0.15, -0.1) is 11.3 Å². The number of nitrogens with one attached hydrogen (secondary N) is 1. The summed E-state index contributed by atoms with van der Waals surface area (Å²) in [7, 11) is 0. The van der Waals surface area contributed by atoms with Gasteiger partial charge < -0.3 is 15.1 Å². The number of rotatable bonds is 7. The van der Waals surface area contributed by atoms with Crippen LogP contribution in [0, 0.1) is 6.92 Å². The molecule has 3 heterocycles. The lowest BCUT2D eigenvalue weighted by Gasteiger charge is -2.37. The lowest BCUT2D eigenvalue weighted by Crippen LogP contribution is -2.52. The van der Waals surface area contributed by atoms with Crippen molar-refractivity contribution < 1.29 is 0 Å². The molecule has 7 heteroatoms. The number of thiazole rings is 1. The lowest BCUT2D eigenvalue weighted by atomic mass is 10.2. The van der Waals surface area contributed by atoms with Gasteiger partial charge in [0.05, 0.1) is 5.01 Å². The minimum Gasteiger partial charge on any atom is -0.357 e. The summed E-state index contributed by atoms with van der Waals surface area (Å²) in [5.74, 6) is 2.11. The Bertz CT molecular complexity index is 706. The van der Waals surface area contributed by atoms with Crippen molar-refractivity contribution >= 4 is 23.1 Å². The van der Waals surface area contributed by atoms with Crippen molar-refractivity contribution in [1.82, 2.24) is 20.2 Å². The van der Waals surface area contributed by atoms with Gasteiger partial charge in [-0.3, -0.25) is 4.99 Å². The van der Waals surface area contributed by atoms with Gasteiger partial charge in [0.15, 0.2) is 5.96 Å². The minimum absolute atomic E-state index is 0.868. The number of anilines is 1. The van der Waals surface area contributed by atoms with Gasteiger partial charge in [0.1, 0.15) is 5.82 Å². The van der Waals surface area contributed by atoms with E-state index in [1.54, 1.807) is 11.3 Å². The molecular formula is C20H30N6S. The Hall–Kier alpha value is -2.15. The van der Waals surface area contributed by atoms with Crippen molar-refractivity contribution in [1.29, 1.82) is 0 Å². The Labute approximate surface area is 166 Å². The molecule has 0 aromatic carbocycles. The third-order valence-corrected chi connectivity index (χ3v) is 5.64. The molecule has 0 bridgehead atoms. The predicted molar refractivity (Wildman–Crippen MR) is 114 cm³/mol. The van der Waals surface area contributed by atoms with Crippen LogP contribution in [0.1, 0.15) is 30.5 Å². The van der Waals surface area contributed by atoms with E-state index in [1.807, 2.05) is 18.3 Å². The molecule has 0 atom stereocenters. The molecule has 0 saturated carbocycles. The minimum atomic E-state index is 0.868. The average Bonchev–Trinajstić information content (AvgIpc) is 3.13. The Kier molecular flexibility index (Phi) is 7.45. The van der Waals surface area contributed by atoms with Gasteiger partial charge in [-0.05, 0) is 45.2 Å². The first kappa shape index (κ1) is 19.6. The van der Waals surface area contributed by atoms with Crippen LogP contribution in [-0.2, 0) is 6.42 Å². The van der Waals surface area contributed by atoms with Gasteiger partial charge in [0, 0.05) is 56.5 Å². The van der Waals surface area contributed by atoms with Crippen LogP contribution in [0.3, 0.4) is 0 Å². The van der Waals surface area contributed by atoms with Crippen LogP contribution in [0.5, 0.6) is 0 Å². The molecule has 0 aliphatic carbocycles. The lowest BCUT2D eigenvalue weighted by molar-refractivity contribution is 0.371. The van der Waals surface area contributed by atoms with Gasteiger partial charge >= 0.3 is 0 Å². The van der Waals surface area contributed by atoms with Gasteiger partial charge in [0.2, 0.25) is 0 Å². The zero-order valence-corrected chi connectivity index (χ0v) is 17.2. The molecule has 0 radical (unpaired) electrons. The highest BCUT2D eigenvalue weighted by Gasteiger charge is 2.20. The van der Waals surface area contributed by atoms with Gasteiger partial charge in [-0.1, -0.05) is 6.07 Å². The van der Waals surface area contributed by atoms with E-state index in [-0.39, 0.29) is 0 Å². The zero-order chi connectivity index (χ0) is 18.9. The highest BCUT2D eigenvalue weighted by molar-refractivity contribution is 7.09. The molecule has 1 N–H and O–H groups in total. The smallest absolute Gasteiger partial charge is 0.194 e. The van der Waals surface area contributed by atoms with Crippen molar-refractivity contribution in [2.45, 2.75) is 33.1 Å². The molecule has 1 aliphatic heterocycles. The standard InChI is InChI=1S/C20H30N6S/c1-3-21-20(23-11-7-5-9-19-24-17(2)16-27-19)26-14-12-25(13-15-26)18-8-4-6-10-22-18/h4,6,8,10,16H,3,5,7,9,11-15H2,1-2H3,(H,21,23). The van der Waals surface area contributed by atoms with Crippen LogP contribution in [-0.4, -0.2) is 60.1 Å². The molecule has 1 fully saturated rings. The number of aromatic nitrogens is 2. The summed E-state index contributed by atoms with van der Waals surface area (Å²) < 4.78 is 0. The van der Waals surface area contributed by atoms with E-state index in [1.165, 1.54) is 5.01 Å². The normalized spacial score (nSPS) is 15.3. The predicted octanol–water partition coefficient (Wildman–Crippen LogP) is 2.96. The third kappa shape index (κ3) is 5.92. The molecule has 0 unspecified atom stereocenters. The fourth-order valence-electron chi connectivity index (χ4n) is 3.20. The summed E-state index contributed by atoms with van der Waals surface area (Å²) in [5, 5.41) is 6.82. The van der Waals surface area contributed by atoms with E-state index in [4.69, 9.17) is 4.99 Å². The molecule has 27 heavy (non-hydrogen) atoms. The summed E-state index contributed by atoms with van der Waals surface area (Å²) in [4.78, 5) is 18.6. The monoisotopic (exact) mass is 386 g/mol. The van der Waals surface area contributed by atoms with Crippen LogP contribution < -0.4 is 10.2 Å². The largest absolute Gasteiger partial charge is 0.357 e. The second-order valence-corrected chi connectivity index (χ2v) is 7.68. The molecule has 2 aromatic heterocycles. The number of nitrogens with zero attached hydrogens (tertiary/aromatic N) is 5. The van der Waals surface area contributed by atoms with Crippen molar-refractivity contribution in [3.8, 4) is 0 Å². The van der Waals surface area contributed by atoms with E-state index >= 15 is 0 Å². The van der Waals surface area contributed by atoms with E-state index in [2.05, 4.69) is 50.4 Å². The summed E-state index contributed by atoms with van der Waals surface area (Å²) >= 11 is 1.77. The number of hydrogen-bond donors (Lipinski definition) is 1. The molecule has 0 spiro atoms. The highest BCUT2D eigenvalue weighted by Crippen LogP contribution is 2.13. The van der Waals surface area contributed by atoms with Crippen LogP contribution in [0.4, 0.5) is 5.82 Å². The summed E-state index contributed by atoms with van der Waals surface area (Å²) in [6, 6.07) is 6.09. The fourth-order valence-corrected chi connectivity index (χ4v) is 4.02. The maximum absolute atomic E-state index is 4.85. The first-order valence-corrected chi connectivity index (χ1v) is 10.7. The zero-order valence-electron chi connectivity index (χ0n) is 16.4. The maximum atomic E-state index is 4.85. The summed E-state index contributed by atoms with van der Waals surface area (Å²) in [5.41, 5.74) is 1.13. The SMILES string of the molecule is CCNC(=NCCCCc1nc(C)cs1)N1CCN(c2ccccn2)CC1. The number of piperazine rings is 1. The number of aryl methyl sites for hydroxylation is 2. The number of aliphatic imine (C=N–C) groups is 1. The summed E-state index contributed by atoms with van der Waals surface area (Å²) in [6.07, 6.45) is 5.16. The molecular weight excluding hydrogens is 356 g/mol. The van der Waals surface area contributed by atoms with Crippen LogP contribution in [0.25, 0.3) is 0 Å². The van der Waals surface area contributed by atoms with Gasteiger partial charge in [0.25, 0.3) is 0 Å². The fraction of sp³-hybridized carbons (Fsp3) is 0.550. The van der Waals surface area contributed by atoms with E-state index < -0.39 is 0 Å². The van der Waals surface area contributed by atoms with Gasteiger partial charge in [-0.25, -0.2) is 9.97 Å². The Morgan fingerprint density at radius 1 is 1.22 bits per heavy atom. The van der Waals surface area contributed by atoms with E-state index in [9.17, 15) is 0 Å². The van der Waals surface area contributed by atoms with Crippen LogP contribution in [0.15, 0.2) is 34.8 Å². The second kappa shape index (κ2) is 10.3. The third-order valence-electron chi connectivity index (χ3n) is 4.61. The molecule has 0 amide bonds. The summed E-state index contributed by atoms with van der Waals surface area (Å²) in [6.45, 7) is 9.85. The molecule has 3 rings (SSSR count). The first-order chi connectivity index (χ1) is 13.3. The number of pyridine rings is 1. The maximum Gasteiger partial charge on any atom is 0.194 e. The molecule has 2 aromatic rings. The number of unbranched alkanes of at least 4 members (excludes halogenated alkanes) is 1. The Morgan fingerprint density at radius 2 is 2.07 bits per heavy atom. The van der Waals surface area contributed by atoms with Crippen LogP contribution in [0.2, 0.25) is 0 Å². The number of hydrogen-bond acceptors (Lipinski definition) is 5. The average molecular weight is 387 g/mol. The highest BCUT2D eigenvalue weighted by atomic mass is 32.1. The van der Waals surface area contributed by atoms with Crippen LogP contribution >= 0.6 is 11.3 Å². The second-order valence-electron chi connectivity index (χ2n) is 6.74. The molecule has 1 saturated heterocycles. The first-order valence-electron chi connectivity index (χ1n) is 9.86. The molecule has 146 valence electrons. The van der Waals surface area contributed by atoms with Crippen molar-refractivity contribution in [2.24, 2.45) is 4.99 Å². The molecule has 1 aliphatic rings. The Balaban J connectivity index is 1.44. The van der Waals surface area contributed by atoms with Crippen molar-refractivity contribution in [2.75, 3.05) is 44.2 Å². The van der Waals surface area contributed by atoms with E-state index in [0.29, 0.717) is 0 Å². The molecule has 6 nitrogen and oxygen atoms in total. The van der Waals surface area contributed by atoms with E-state index in [0.717, 1.165) is 76.0 Å². The van der Waals surface area contributed by atoms with Gasteiger partial charge in [-0.2, -0.15) is 0 Å². The Morgan fingerprint density at radius 3 is 2.74 bits per heavy atom. The topological polar surface area (TPSA) is 56.7 Å². The van der Waals surface area contributed by atoms with Crippen molar-refractivity contribution in [3.05, 3.63) is 40.5 Å². The van der Waals surface area contributed by atoms with Crippen molar-refractivity contribution in [3.63, 3.8) is 0 Å². The quantitative estimate of drug-likeness (QED) is 0.450.